The van der Waals surface area contributed by atoms with E-state index in [2.05, 4.69) is 56.2 Å². The minimum Gasteiger partial charge on any atom is -0.394 e. The topological polar surface area (TPSA) is 109 Å². The van der Waals surface area contributed by atoms with Crippen LogP contribution in [-0.4, -0.2) is 48.3 Å². The summed E-state index contributed by atoms with van der Waals surface area (Å²) in [5, 5.41) is 0.981. The van der Waals surface area contributed by atoms with E-state index in [9.17, 15) is 0 Å². The van der Waals surface area contributed by atoms with Crippen molar-refractivity contribution in [3.63, 3.8) is 0 Å². The SMILES string of the molecule is COOc1ncc(-c2ccc3nc(N)c(-c4ccc(CN5CCOCC5)cc4)cc3c2)cc1N. The van der Waals surface area contributed by atoms with Gasteiger partial charge in [-0.15, -0.1) is 0 Å². The Morgan fingerprint density at radius 1 is 0.941 bits per heavy atom. The fourth-order valence-corrected chi connectivity index (χ4v) is 4.19. The third kappa shape index (κ3) is 4.65. The van der Waals surface area contributed by atoms with E-state index in [0.29, 0.717) is 11.5 Å². The van der Waals surface area contributed by atoms with Gasteiger partial charge in [-0.3, -0.25) is 4.90 Å². The molecule has 1 fully saturated rings. The van der Waals surface area contributed by atoms with Crippen molar-refractivity contribution in [1.82, 2.24) is 14.9 Å². The highest BCUT2D eigenvalue weighted by atomic mass is 17.2. The van der Waals surface area contributed by atoms with Crippen LogP contribution in [0.3, 0.4) is 0 Å². The van der Waals surface area contributed by atoms with E-state index in [1.165, 1.54) is 12.7 Å². The van der Waals surface area contributed by atoms with Crippen LogP contribution in [0.15, 0.2) is 60.8 Å². The number of ether oxygens (including phenoxy) is 1. The Balaban J connectivity index is 1.43. The lowest BCUT2D eigenvalue weighted by Crippen LogP contribution is -2.35. The first-order valence-electron chi connectivity index (χ1n) is 11.2. The molecule has 0 saturated carbocycles. The number of nitrogen functional groups attached to an aromatic ring is 2. The van der Waals surface area contributed by atoms with Crippen molar-refractivity contribution >= 4 is 22.4 Å². The van der Waals surface area contributed by atoms with Gasteiger partial charge in [0.25, 0.3) is 5.88 Å². The van der Waals surface area contributed by atoms with Gasteiger partial charge in [0.05, 0.1) is 31.5 Å². The van der Waals surface area contributed by atoms with Crippen LogP contribution in [0.25, 0.3) is 33.2 Å². The molecule has 8 heteroatoms. The molecule has 1 aliphatic heterocycles. The number of benzene rings is 2. The van der Waals surface area contributed by atoms with Crippen LogP contribution in [0.5, 0.6) is 5.88 Å². The Bertz CT molecular complexity index is 1300. The summed E-state index contributed by atoms with van der Waals surface area (Å²) in [6.07, 6.45) is 1.70. The molecule has 1 aliphatic rings. The lowest BCUT2D eigenvalue weighted by molar-refractivity contribution is -0.180. The van der Waals surface area contributed by atoms with Gasteiger partial charge in [0.2, 0.25) is 0 Å². The standard InChI is InChI=1S/C26H27N5O3/c1-32-34-26-23(27)14-21(15-29-26)19-6-7-24-20(12-19)13-22(25(28)30-24)18-4-2-17(3-5-18)16-31-8-10-33-11-9-31/h2-7,12-15H,8-11,16,27H2,1H3,(H2,28,30). The van der Waals surface area contributed by atoms with Gasteiger partial charge < -0.3 is 21.1 Å². The minimum atomic E-state index is 0.237. The summed E-state index contributed by atoms with van der Waals surface area (Å²) in [5.41, 5.74) is 18.7. The second-order valence-electron chi connectivity index (χ2n) is 8.28. The Kier molecular flexibility index (Phi) is 6.27. The van der Waals surface area contributed by atoms with Gasteiger partial charge in [-0.05, 0) is 41.0 Å². The first-order chi connectivity index (χ1) is 16.6. The summed E-state index contributed by atoms with van der Waals surface area (Å²) in [4.78, 5) is 20.9. The molecule has 5 rings (SSSR count). The molecule has 2 aromatic carbocycles. The van der Waals surface area contributed by atoms with Gasteiger partial charge in [-0.25, -0.2) is 9.97 Å². The molecule has 0 bridgehead atoms. The molecule has 0 atom stereocenters. The van der Waals surface area contributed by atoms with Crippen LogP contribution < -0.4 is 16.4 Å². The highest BCUT2D eigenvalue weighted by Crippen LogP contribution is 2.32. The highest BCUT2D eigenvalue weighted by Gasteiger charge is 2.13. The number of morpholine rings is 1. The van der Waals surface area contributed by atoms with Crippen LogP contribution in [-0.2, 0) is 16.2 Å². The zero-order chi connectivity index (χ0) is 23.5. The van der Waals surface area contributed by atoms with Crippen LogP contribution in [0.2, 0.25) is 0 Å². The van der Waals surface area contributed by atoms with E-state index >= 15 is 0 Å². The molecule has 0 radical (unpaired) electrons. The van der Waals surface area contributed by atoms with Gasteiger partial charge >= 0.3 is 0 Å². The number of nitrogens with two attached hydrogens (primary N) is 2. The average molecular weight is 458 g/mol. The maximum Gasteiger partial charge on any atom is 0.279 e. The zero-order valence-electron chi connectivity index (χ0n) is 19.0. The lowest BCUT2D eigenvalue weighted by atomic mass is 10.00. The fraction of sp³-hybridized carbons (Fsp3) is 0.231. The molecule has 1 saturated heterocycles. The summed E-state index contributed by atoms with van der Waals surface area (Å²) < 4.78 is 5.44. The van der Waals surface area contributed by atoms with Crippen LogP contribution >= 0.6 is 0 Å². The first-order valence-corrected chi connectivity index (χ1v) is 11.2. The van der Waals surface area contributed by atoms with E-state index in [4.69, 9.17) is 21.1 Å². The fourth-order valence-electron chi connectivity index (χ4n) is 4.19. The van der Waals surface area contributed by atoms with Crippen LogP contribution in [0.1, 0.15) is 5.56 Å². The van der Waals surface area contributed by atoms with Crippen molar-refractivity contribution in [2.24, 2.45) is 0 Å². The predicted molar refractivity (Wildman–Crippen MR) is 133 cm³/mol. The molecule has 4 N–H and O–H groups in total. The van der Waals surface area contributed by atoms with E-state index in [0.717, 1.165) is 66.0 Å². The van der Waals surface area contributed by atoms with Crippen LogP contribution in [0.4, 0.5) is 11.5 Å². The number of nitrogens with zero attached hydrogens (tertiary/aromatic N) is 3. The van der Waals surface area contributed by atoms with E-state index in [1.54, 1.807) is 12.3 Å². The summed E-state index contributed by atoms with van der Waals surface area (Å²) in [5.74, 6) is 0.744. The smallest absolute Gasteiger partial charge is 0.279 e. The number of fused-ring (bicyclic) bond motifs is 1. The second-order valence-corrected chi connectivity index (χ2v) is 8.28. The molecule has 0 aliphatic carbocycles. The minimum absolute atomic E-state index is 0.237. The quantitative estimate of drug-likeness (QED) is 0.331. The molecule has 34 heavy (non-hydrogen) atoms. The highest BCUT2D eigenvalue weighted by molar-refractivity contribution is 5.91. The summed E-state index contributed by atoms with van der Waals surface area (Å²) in [7, 11) is 1.41. The largest absolute Gasteiger partial charge is 0.394 e. The molecule has 0 unspecified atom stereocenters. The third-order valence-corrected chi connectivity index (χ3v) is 5.99. The molecule has 2 aromatic heterocycles. The molecule has 0 amide bonds. The number of rotatable bonds is 6. The maximum atomic E-state index is 6.33. The Hall–Kier alpha value is -3.72. The monoisotopic (exact) mass is 457 g/mol. The van der Waals surface area contributed by atoms with Crippen molar-refractivity contribution in [1.29, 1.82) is 0 Å². The summed E-state index contributed by atoms with van der Waals surface area (Å²) in [6.45, 7) is 4.45. The molecule has 4 aromatic rings. The predicted octanol–water partition coefficient (Wildman–Crippen LogP) is 3.90. The Morgan fingerprint density at radius 3 is 2.44 bits per heavy atom. The van der Waals surface area contributed by atoms with Gasteiger partial charge in [0.15, 0.2) is 0 Å². The molecular weight excluding hydrogens is 430 g/mol. The molecule has 0 spiro atoms. The average Bonchev–Trinajstić information content (AvgIpc) is 2.86. The van der Waals surface area contributed by atoms with E-state index < -0.39 is 0 Å². The van der Waals surface area contributed by atoms with Gasteiger partial charge in [0.1, 0.15) is 5.82 Å². The molecule has 8 nitrogen and oxygen atoms in total. The van der Waals surface area contributed by atoms with Crippen molar-refractivity contribution in [3.8, 4) is 28.1 Å². The van der Waals surface area contributed by atoms with Crippen molar-refractivity contribution < 1.29 is 14.5 Å². The number of hydrogen-bond donors (Lipinski definition) is 2. The van der Waals surface area contributed by atoms with Gasteiger partial charge in [0, 0.05) is 42.3 Å². The normalized spacial score (nSPS) is 14.4. The first kappa shape index (κ1) is 22.1. The molecule has 174 valence electrons. The third-order valence-electron chi connectivity index (χ3n) is 5.99. The van der Waals surface area contributed by atoms with Crippen LogP contribution in [0, 0.1) is 0 Å². The van der Waals surface area contributed by atoms with Gasteiger partial charge in [-0.2, -0.15) is 4.89 Å². The number of anilines is 2. The zero-order valence-corrected chi connectivity index (χ0v) is 19.0. The van der Waals surface area contributed by atoms with Crippen molar-refractivity contribution in [2.45, 2.75) is 6.54 Å². The lowest BCUT2D eigenvalue weighted by Gasteiger charge is -2.26. The molecule has 3 heterocycles. The van der Waals surface area contributed by atoms with Crippen molar-refractivity contribution in [2.75, 3.05) is 44.9 Å². The summed E-state index contributed by atoms with van der Waals surface area (Å²) >= 11 is 0. The summed E-state index contributed by atoms with van der Waals surface area (Å²) in [6, 6.07) is 18.4. The van der Waals surface area contributed by atoms with E-state index in [-0.39, 0.29) is 5.88 Å². The molecular formula is C26H27N5O3. The van der Waals surface area contributed by atoms with Gasteiger partial charge in [-0.1, -0.05) is 30.3 Å². The second kappa shape index (κ2) is 9.64. The Morgan fingerprint density at radius 2 is 1.71 bits per heavy atom. The number of hydrogen-bond acceptors (Lipinski definition) is 8. The number of pyridine rings is 2. The van der Waals surface area contributed by atoms with E-state index in [1.807, 2.05) is 12.1 Å². The van der Waals surface area contributed by atoms with Crippen molar-refractivity contribution in [3.05, 3.63) is 66.4 Å². The Labute approximate surface area is 198 Å². The maximum absolute atomic E-state index is 6.33. The number of aromatic nitrogens is 2.